The molecule has 2 aliphatic carbocycles. The Kier molecular flexibility index (Phi) is 4.06. The second-order valence-corrected chi connectivity index (χ2v) is 7.45. The zero-order valence-corrected chi connectivity index (χ0v) is 13.5. The molecular weight excluding hydrogens is 286 g/mol. The van der Waals surface area contributed by atoms with Crippen molar-refractivity contribution in [2.75, 3.05) is 6.61 Å². The van der Waals surface area contributed by atoms with Crippen molar-refractivity contribution in [2.45, 2.75) is 63.9 Å². The lowest BCUT2D eigenvalue weighted by Crippen LogP contribution is -2.34. The first-order chi connectivity index (χ1) is 10.1. The Labute approximate surface area is 129 Å². The van der Waals surface area contributed by atoms with Crippen LogP contribution in [0.3, 0.4) is 0 Å². The number of aliphatic carboxylic acids is 1. The molecule has 0 saturated heterocycles. The fourth-order valence-corrected chi connectivity index (χ4v) is 4.93. The summed E-state index contributed by atoms with van der Waals surface area (Å²) in [5.41, 5.74) is 0.541. The fourth-order valence-electron chi connectivity index (χ4n) is 3.59. The van der Waals surface area contributed by atoms with Crippen LogP contribution in [0.2, 0.25) is 0 Å². The van der Waals surface area contributed by atoms with Crippen molar-refractivity contribution in [3.63, 3.8) is 0 Å². The van der Waals surface area contributed by atoms with Crippen LogP contribution in [0.15, 0.2) is 0 Å². The molecule has 0 amide bonds. The topological polar surface area (TPSA) is 59.4 Å². The monoisotopic (exact) mass is 309 g/mol. The SMILES string of the molecule is CCOC1(c2nc3c(s2)CCC3C(=O)O)CCC(C)CC1. The third kappa shape index (κ3) is 2.61. The summed E-state index contributed by atoms with van der Waals surface area (Å²) in [5, 5.41) is 10.3. The molecule has 5 heteroatoms. The molecule has 21 heavy (non-hydrogen) atoms. The van der Waals surface area contributed by atoms with Crippen LogP contribution in [-0.4, -0.2) is 22.7 Å². The highest BCUT2D eigenvalue weighted by Gasteiger charge is 2.42. The maximum absolute atomic E-state index is 11.3. The van der Waals surface area contributed by atoms with Crippen molar-refractivity contribution in [1.82, 2.24) is 4.98 Å². The summed E-state index contributed by atoms with van der Waals surface area (Å²) >= 11 is 1.69. The predicted molar refractivity (Wildman–Crippen MR) is 81.7 cm³/mol. The zero-order chi connectivity index (χ0) is 15.0. The van der Waals surface area contributed by atoms with Gasteiger partial charge in [-0.1, -0.05) is 6.92 Å². The second-order valence-electron chi connectivity index (χ2n) is 6.37. The maximum Gasteiger partial charge on any atom is 0.312 e. The standard InChI is InChI=1S/C16H23NO3S/c1-3-20-16(8-6-10(2)7-9-16)15-17-13-11(14(18)19)4-5-12(13)21-15/h10-11H,3-9H2,1-2H3,(H,18,19). The number of hydrogen-bond donors (Lipinski definition) is 1. The van der Waals surface area contributed by atoms with Gasteiger partial charge in [0.1, 0.15) is 16.5 Å². The molecule has 1 aromatic heterocycles. The Morgan fingerprint density at radius 2 is 2.14 bits per heavy atom. The second kappa shape index (κ2) is 5.69. The van der Waals surface area contributed by atoms with E-state index in [2.05, 4.69) is 6.92 Å². The van der Waals surface area contributed by atoms with E-state index in [1.165, 1.54) is 0 Å². The number of hydrogen-bond acceptors (Lipinski definition) is 4. The predicted octanol–water partition coefficient (Wildman–Crippen LogP) is 3.70. The average Bonchev–Trinajstić information content (AvgIpc) is 3.01. The quantitative estimate of drug-likeness (QED) is 0.921. The van der Waals surface area contributed by atoms with Gasteiger partial charge < -0.3 is 9.84 Å². The Morgan fingerprint density at radius 1 is 1.43 bits per heavy atom. The molecule has 1 unspecified atom stereocenters. The number of ether oxygens (including phenoxy) is 1. The molecule has 0 spiro atoms. The summed E-state index contributed by atoms with van der Waals surface area (Å²) < 4.78 is 6.14. The third-order valence-corrected chi connectivity index (χ3v) is 6.22. The average molecular weight is 309 g/mol. The minimum Gasteiger partial charge on any atom is -0.481 e. The lowest BCUT2D eigenvalue weighted by molar-refractivity contribution is -0.138. The number of carbonyl (C=O) groups is 1. The third-order valence-electron chi connectivity index (χ3n) is 4.91. The van der Waals surface area contributed by atoms with Crippen LogP contribution in [0, 0.1) is 5.92 Å². The number of aromatic nitrogens is 1. The molecule has 116 valence electrons. The molecule has 1 fully saturated rings. The molecule has 1 saturated carbocycles. The van der Waals surface area contributed by atoms with Crippen LogP contribution in [-0.2, 0) is 21.6 Å². The first kappa shape index (κ1) is 15.0. The molecule has 0 bridgehead atoms. The minimum absolute atomic E-state index is 0.265. The number of aryl methyl sites for hydroxylation is 1. The van der Waals surface area contributed by atoms with E-state index in [0.29, 0.717) is 13.0 Å². The molecule has 4 nitrogen and oxygen atoms in total. The van der Waals surface area contributed by atoms with Gasteiger partial charge in [0.15, 0.2) is 0 Å². The summed E-state index contributed by atoms with van der Waals surface area (Å²) in [5.74, 6) is -0.406. The van der Waals surface area contributed by atoms with Gasteiger partial charge in [0, 0.05) is 11.5 Å². The lowest BCUT2D eigenvalue weighted by Gasteiger charge is -2.37. The maximum atomic E-state index is 11.3. The molecule has 1 N–H and O–H groups in total. The molecule has 2 aliphatic rings. The van der Waals surface area contributed by atoms with E-state index in [0.717, 1.165) is 53.6 Å². The van der Waals surface area contributed by atoms with Crippen molar-refractivity contribution < 1.29 is 14.6 Å². The van der Waals surface area contributed by atoms with E-state index in [1.54, 1.807) is 11.3 Å². The number of fused-ring (bicyclic) bond motifs is 1. The lowest BCUT2D eigenvalue weighted by atomic mass is 9.79. The van der Waals surface area contributed by atoms with Gasteiger partial charge in [-0.3, -0.25) is 4.79 Å². The molecule has 0 radical (unpaired) electrons. The Bertz CT molecular complexity index is 532. The number of thiazole rings is 1. The molecule has 1 atom stereocenters. The van der Waals surface area contributed by atoms with Crippen LogP contribution < -0.4 is 0 Å². The van der Waals surface area contributed by atoms with Gasteiger partial charge in [-0.2, -0.15) is 0 Å². The molecule has 1 heterocycles. The van der Waals surface area contributed by atoms with Gasteiger partial charge in [-0.15, -0.1) is 11.3 Å². The number of carboxylic acids is 1. The van der Waals surface area contributed by atoms with Crippen molar-refractivity contribution in [3.8, 4) is 0 Å². The zero-order valence-electron chi connectivity index (χ0n) is 12.7. The molecular formula is C16H23NO3S. The summed E-state index contributed by atoms with van der Waals surface area (Å²) in [4.78, 5) is 17.2. The summed E-state index contributed by atoms with van der Waals surface area (Å²) in [6, 6.07) is 0. The highest BCUT2D eigenvalue weighted by molar-refractivity contribution is 7.12. The first-order valence-corrected chi connectivity index (χ1v) is 8.74. The van der Waals surface area contributed by atoms with E-state index in [4.69, 9.17) is 9.72 Å². The molecule has 0 aromatic carbocycles. The first-order valence-electron chi connectivity index (χ1n) is 7.92. The van der Waals surface area contributed by atoms with E-state index in [1.807, 2.05) is 6.92 Å². The Morgan fingerprint density at radius 3 is 2.76 bits per heavy atom. The van der Waals surface area contributed by atoms with Crippen LogP contribution in [0.25, 0.3) is 0 Å². The molecule has 3 rings (SSSR count). The Balaban J connectivity index is 1.91. The highest BCUT2D eigenvalue weighted by Crippen LogP contribution is 2.47. The van der Waals surface area contributed by atoms with Gasteiger partial charge >= 0.3 is 5.97 Å². The normalized spacial score (nSPS) is 32.1. The molecule has 1 aromatic rings. The van der Waals surface area contributed by atoms with Gasteiger partial charge in [-0.05, 0) is 51.4 Å². The van der Waals surface area contributed by atoms with Crippen LogP contribution in [0.1, 0.15) is 67.4 Å². The van der Waals surface area contributed by atoms with Gasteiger partial charge in [-0.25, -0.2) is 4.98 Å². The summed E-state index contributed by atoms with van der Waals surface area (Å²) in [6.45, 7) is 5.00. The summed E-state index contributed by atoms with van der Waals surface area (Å²) in [7, 11) is 0. The number of carboxylic acid groups (broad SMARTS) is 1. The van der Waals surface area contributed by atoms with E-state index in [9.17, 15) is 9.90 Å². The van der Waals surface area contributed by atoms with Crippen molar-refractivity contribution >= 4 is 17.3 Å². The fraction of sp³-hybridized carbons (Fsp3) is 0.750. The van der Waals surface area contributed by atoms with Crippen molar-refractivity contribution in [1.29, 1.82) is 0 Å². The van der Waals surface area contributed by atoms with Gasteiger partial charge in [0.25, 0.3) is 0 Å². The van der Waals surface area contributed by atoms with Crippen LogP contribution in [0.4, 0.5) is 0 Å². The Hall–Kier alpha value is -0.940. The van der Waals surface area contributed by atoms with Crippen LogP contribution in [0.5, 0.6) is 0 Å². The largest absolute Gasteiger partial charge is 0.481 e. The van der Waals surface area contributed by atoms with Gasteiger partial charge in [0.05, 0.1) is 5.69 Å². The van der Waals surface area contributed by atoms with Crippen molar-refractivity contribution in [2.24, 2.45) is 5.92 Å². The molecule has 0 aliphatic heterocycles. The summed E-state index contributed by atoms with van der Waals surface area (Å²) in [6.07, 6.45) is 5.88. The van der Waals surface area contributed by atoms with Crippen LogP contribution >= 0.6 is 11.3 Å². The smallest absolute Gasteiger partial charge is 0.312 e. The number of nitrogens with zero attached hydrogens (tertiary/aromatic N) is 1. The van der Waals surface area contributed by atoms with E-state index < -0.39 is 11.9 Å². The van der Waals surface area contributed by atoms with Gasteiger partial charge in [0.2, 0.25) is 0 Å². The number of rotatable bonds is 4. The van der Waals surface area contributed by atoms with E-state index >= 15 is 0 Å². The van der Waals surface area contributed by atoms with E-state index in [-0.39, 0.29) is 5.60 Å². The highest BCUT2D eigenvalue weighted by atomic mass is 32.1. The van der Waals surface area contributed by atoms with Crippen molar-refractivity contribution in [3.05, 3.63) is 15.6 Å². The minimum atomic E-state index is -0.742.